The summed E-state index contributed by atoms with van der Waals surface area (Å²) in [5.41, 5.74) is 6.93. The van der Waals surface area contributed by atoms with Crippen LogP contribution in [0, 0.1) is 0 Å². The van der Waals surface area contributed by atoms with Crippen LogP contribution in [-0.2, 0) is 6.54 Å². The van der Waals surface area contributed by atoms with E-state index in [4.69, 9.17) is 0 Å². The number of amides is 1. The van der Waals surface area contributed by atoms with Crippen LogP contribution in [0.15, 0.2) is 60.9 Å². The number of carbonyl (C=O) groups is 1. The maximum absolute atomic E-state index is 12.8. The van der Waals surface area contributed by atoms with E-state index in [0.717, 1.165) is 71.0 Å². The number of H-pyrrole nitrogens is 1. The second-order valence-electron chi connectivity index (χ2n) is 8.76. The van der Waals surface area contributed by atoms with Crippen LogP contribution in [0.1, 0.15) is 15.9 Å². The van der Waals surface area contributed by atoms with E-state index in [9.17, 15) is 4.79 Å². The van der Waals surface area contributed by atoms with Gasteiger partial charge in [0.2, 0.25) is 0 Å². The van der Waals surface area contributed by atoms with Crippen molar-refractivity contribution in [1.82, 2.24) is 20.2 Å². The monoisotopic (exact) mass is 438 g/mol. The lowest BCUT2D eigenvalue weighted by Crippen LogP contribution is -2.44. The van der Waals surface area contributed by atoms with Gasteiger partial charge in [0, 0.05) is 49.8 Å². The van der Waals surface area contributed by atoms with Crippen molar-refractivity contribution >= 4 is 34.0 Å². The van der Waals surface area contributed by atoms with E-state index in [0.29, 0.717) is 12.1 Å². The Labute approximate surface area is 192 Å². The van der Waals surface area contributed by atoms with Crippen LogP contribution in [0.25, 0.3) is 22.0 Å². The Morgan fingerprint density at radius 1 is 0.970 bits per heavy atom. The predicted molar refractivity (Wildman–Crippen MR) is 132 cm³/mol. The maximum Gasteiger partial charge on any atom is 0.254 e. The molecule has 2 aliphatic heterocycles. The molecule has 0 aliphatic carbocycles. The van der Waals surface area contributed by atoms with Crippen LogP contribution in [0.5, 0.6) is 0 Å². The van der Waals surface area contributed by atoms with Gasteiger partial charge in [-0.1, -0.05) is 18.2 Å². The summed E-state index contributed by atoms with van der Waals surface area (Å²) in [6.07, 6.45) is 3.86. The Hall–Kier alpha value is -3.84. The van der Waals surface area contributed by atoms with Crippen LogP contribution in [-0.4, -0.2) is 54.0 Å². The summed E-state index contributed by atoms with van der Waals surface area (Å²) >= 11 is 0. The second kappa shape index (κ2) is 7.94. The topological polar surface area (TPSA) is 76.3 Å². The Balaban J connectivity index is 1.31. The van der Waals surface area contributed by atoms with E-state index in [-0.39, 0.29) is 5.91 Å². The van der Waals surface area contributed by atoms with Gasteiger partial charge in [0.05, 0.1) is 23.1 Å². The molecule has 7 heteroatoms. The zero-order valence-electron chi connectivity index (χ0n) is 18.6. The molecule has 166 valence electrons. The van der Waals surface area contributed by atoms with Crippen molar-refractivity contribution < 1.29 is 4.79 Å². The van der Waals surface area contributed by atoms with Crippen molar-refractivity contribution in [2.45, 2.75) is 6.54 Å². The summed E-state index contributed by atoms with van der Waals surface area (Å²) in [5.74, 6) is 0.680. The first-order chi connectivity index (χ1) is 16.2. The van der Waals surface area contributed by atoms with Crippen molar-refractivity contribution in [2.24, 2.45) is 0 Å². The van der Waals surface area contributed by atoms with Gasteiger partial charge in [0.1, 0.15) is 5.82 Å². The minimum absolute atomic E-state index is 0.0512. The van der Waals surface area contributed by atoms with E-state index >= 15 is 0 Å². The fourth-order valence-electron chi connectivity index (χ4n) is 4.87. The lowest BCUT2D eigenvalue weighted by atomic mass is 9.93. The summed E-state index contributed by atoms with van der Waals surface area (Å²) in [7, 11) is 2.15. The normalized spacial score (nSPS) is 16.2. The third kappa shape index (κ3) is 3.50. The Kier molecular flexibility index (Phi) is 4.77. The van der Waals surface area contributed by atoms with Gasteiger partial charge in [-0.15, -0.1) is 0 Å². The van der Waals surface area contributed by atoms with Crippen molar-refractivity contribution in [1.29, 1.82) is 0 Å². The molecule has 1 fully saturated rings. The summed E-state index contributed by atoms with van der Waals surface area (Å²) in [5, 5.41) is 7.53. The SMILES string of the molecule is CN1CCN(c2ccc(Nc3ccc(-c4cccc5[nH]ccc45)c4c3C(=O)NC4)nc2)CC1. The summed E-state index contributed by atoms with van der Waals surface area (Å²) in [6.45, 7) is 4.66. The van der Waals surface area contributed by atoms with E-state index in [2.05, 4.69) is 67.8 Å². The number of hydrogen-bond acceptors (Lipinski definition) is 5. The number of nitrogens with one attached hydrogen (secondary N) is 3. The molecule has 0 bridgehead atoms. The van der Waals surface area contributed by atoms with Crippen molar-refractivity contribution in [3.63, 3.8) is 0 Å². The van der Waals surface area contributed by atoms with Crippen molar-refractivity contribution in [3.05, 3.63) is 72.1 Å². The largest absolute Gasteiger partial charge is 0.368 e. The lowest BCUT2D eigenvalue weighted by molar-refractivity contribution is 0.0966. The van der Waals surface area contributed by atoms with Crippen LogP contribution in [0.2, 0.25) is 0 Å². The predicted octanol–water partition coefficient (Wildman–Crippen LogP) is 3.97. The van der Waals surface area contributed by atoms with Gasteiger partial charge in [-0.3, -0.25) is 4.79 Å². The molecule has 0 unspecified atom stereocenters. The molecule has 2 aromatic carbocycles. The average molecular weight is 439 g/mol. The van der Waals surface area contributed by atoms with E-state index in [1.54, 1.807) is 0 Å². The van der Waals surface area contributed by atoms with E-state index in [1.807, 2.05) is 30.6 Å². The molecule has 2 aromatic heterocycles. The van der Waals surface area contributed by atoms with Crippen LogP contribution in [0.4, 0.5) is 17.2 Å². The fraction of sp³-hybridized carbons (Fsp3) is 0.231. The first-order valence-electron chi connectivity index (χ1n) is 11.3. The number of likely N-dealkylation sites (N-methyl/N-ethyl adjacent to an activating group) is 1. The molecular formula is C26H26N6O. The highest BCUT2D eigenvalue weighted by Gasteiger charge is 2.27. The van der Waals surface area contributed by atoms with Gasteiger partial charge < -0.3 is 25.4 Å². The number of rotatable bonds is 4. The first-order valence-corrected chi connectivity index (χ1v) is 11.3. The molecular weight excluding hydrogens is 412 g/mol. The zero-order chi connectivity index (χ0) is 22.4. The molecule has 3 N–H and O–H groups in total. The van der Waals surface area contributed by atoms with Crippen molar-refractivity contribution in [2.75, 3.05) is 43.4 Å². The average Bonchev–Trinajstić information content (AvgIpc) is 3.48. The van der Waals surface area contributed by atoms with Crippen molar-refractivity contribution in [3.8, 4) is 11.1 Å². The van der Waals surface area contributed by atoms with E-state index in [1.165, 1.54) is 0 Å². The fourth-order valence-corrected chi connectivity index (χ4v) is 4.87. The number of fused-ring (bicyclic) bond motifs is 2. The second-order valence-corrected chi connectivity index (χ2v) is 8.76. The number of pyridine rings is 1. The van der Waals surface area contributed by atoms with E-state index < -0.39 is 0 Å². The molecule has 2 aliphatic rings. The molecule has 0 saturated carbocycles. The number of aromatic nitrogens is 2. The number of piperazine rings is 1. The number of benzene rings is 2. The highest BCUT2D eigenvalue weighted by molar-refractivity contribution is 6.07. The van der Waals surface area contributed by atoms with Gasteiger partial charge in [-0.05, 0) is 54.1 Å². The minimum Gasteiger partial charge on any atom is -0.368 e. The highest BCUT2D eigenvalue weighted by atomic mass is 16.1. The third-order valence-electron chi connectivity index (χ3n) is 6.73. The molecule has 6 rings (SSSR count). The minimum atomic E-state index is -0.0512. The molecule has 1 amide bonds. The van der Waals surface area contributed by atoms with Crippen LogP contribution < -0.4 is 15.5 Å². The smallest absolute Gasteiger partial charge is 0.254 e. The number of nitrogens with zero attached hydrogens (tertiary/aromatic N) is 3. The first kappa shape index (κ1) is 19.8. The molecule has 0 spiro atoms. The molecule has 1 saturated heterocycles. The number of carbonyl (C=O) groups excluding carboxylic acids is 1. The molecule has 7 nitrogen and oxygen atoms in total. The Bertz CT molecular complexity index is 1330. The molecule has 4 heterocycles. The Morgan fingerprint density at radius 2 is 1.85 bits per heavy atom. The van der Waals surface area contributed by atoms with Gasteiger partial charge in [-0.2, -0.15) is 0 Å². The quantitative estimate of drug-likeness (QED) is 0.450. The zero-order valence-corrected chi connectivity index (χ0v) is 18.6. The maximum atomic E-state index is 12.8. The van der Waals surface area contributed by atoms with Gasteiger partial charge in [-0.25, -0.2) is 4.98 Å². The molecule has 33 heavy (non-hydrogen) atoms. The standard InChI is InChI=1S/C26H26N6O/c1-31-11-13-32(14-12-31)17-5-8-24(28-15-17)30-23-7-6-19(21-16-29-26(33)25(21)23)18-3-2-4-22-20(18)9-10-27-22/h2-10,15,27H,11-14,16H2,1H3,(H,28,30)(H,29,33). The van der Waals surface area contributed by atoms with Gasteiger partial charge >= 0.3 is 0 Å². The molecule has 4 aromatic rings. The Morgan fingerprint density at radius 3 is 2.67 bits per heavy atom. The van der Waals surface area contributed by atoms with Gasteiger partial charge in [0.25, 0.3) is 5.91 Å². The highest BCUT2D eigenvalue weighted by Crippen LogP contribution is 2.37. The molecule has 0 radical (unpaired) electrons. The number of anilines is 3. The third-order valence-corrected chi connectivity index (χ3v) is 6.73. The summed E-state index contributed by atoms with van der Waals surface area (Å²) < 4.78 is 0. The summed E-state index contributed by atoms with van der Waals surface area (Å²) in [4.78, 5) is 25.4. The number of aromatic amines is 1. The van der Waals surface area contributed by atoms with Crippen LogP contribution >= 0.6 is 0 Å². The van der Waals surface area contributed by atoms with Crippen LogP contribution in [0.3, 0.4) is 0 Å². The molecule has 0 atom stereocenters. The lowest BCUT2D eigenvalue weighted by Gasteiger charge is -2.33. The van der Waals surface area contributed by atoms with Gasteiger partial charge in [0.15, 0.2) is 0 Å². The summed E-state index contributed by atoms with van der Waals surface area (Å²) in [6, 6.07) is 16.5. The number of hydrogen-bond donors (Lipinski definition) is 3.